The van der Waals surface area contributed by atoms with Crippen molar-refractivity contribution >= 4 is 22.4 Å². The van der Waals surface area contributed by atoms with E-state index in [0.717, 1.165) is 58.2 Å². The maximum absolute atomic E-state index is 10.2. The van der Waals surface area contributed by atoms with Gasteiger partial charge in [0, 0.05) is 42.2 Å². The molecule has 122 valence electrons. The van der Waals surface area contributed by atoms with Gasteiger partial charge in [0.2, 0.25) is 0 Å². The van der Waals surface area contributed by atoms with Gasteiger partial charge in [-0.05, 0) is 42.3 Å². The van der Waals surface area contributed by atoms with E-state index in [4.69, 9.17) is 5.73 Å². The van der Waals surface area contributed by atoms with Gasteiger partial charge in [-0.15, -0.1) is 0 Å². The molecule has 0 fully saturated rings. The summed E-state index contributed by atoms with van der Waals surface area (Å²) < 4.78 is 0. The van der Waals surface area contributed by atoms with Crippen LogP contribution in [0.5, 0.6) is 0 Å². The molecule has 3 aromatic heterocycles. The minimum absolute atomic E-state index is 0.445. The van der Waals surface area contributed by atoms with Gasteiger partial charge in [0.15, 0.2) is 0 Å². The fraction of sp³-hybridized carbons (Fsp3) is 0.278. The maximum Gasteiger partial charge on any atom is 0.133 e. The van der Waals surface area contributed by atoms with Crippen molar-refractivity contribution in [3.63, 3.8) is 0 Å². The van der Waals surface area contributed by atoms with Gasteiger partial charge in [0.1, 0.15) is 11.6 Å². The van der Waals surface area contributed by atoms with Crippen LogP contribution in [0.25, 0.3) is 22.0 Å². The average molecular weight is 321 g/mol. The number of nitrogen functional groups attached to an aromatic ring is 1. The molecule has 1 aliphatic carbocycles. The first-order chi connectivity index (χ1) is 11.7. The first-order valence-corrected chi connectivity index (χ1v) is 8.06. The van der Waals surface area contributed by atoms with Crippen molar-refractivity contribution in [2.45, 2.75) is 25.4 Å². The Morgan fingerprint density at radius 2 is 2.12 bits per heavy atom. The van der Waals surface area contributed by atoms with E-state index in [1.807, 2.05) is 25.4 Å². The topological polar surface area (TPSA) is 97.0 Å². The van der Waals surface area contributed by atoms with E-state index in [0.29, 0.717) is 5.82 Å². The molecule has 0 spiro atoms. The molecule has 0 radical (unpaired) electrons. The lowest BCUT2D eigenvalue weighted by Gasteiger charge is -2.23. The van der Waals surface area contributed by atoms with Crippen LogP contribution in [-0.4, -0.2) is 27.1 Å². The lowest BCUT2D eigenvalue weighted by molar-refractivity contribution is 0.156. The van der Waals surface area contributed by atoms with E-state index in [2.05, 4.69) is 20.3 Å². The zero-order valence-corrected chi connectivity index (χ0v) is 13.5. The highest BCUT2D eigenvalue weighted by Gasteiger charge is 2.22. The van der Waals surface area contributed by atoms with Crippen molar-refractivity contribution in [1.82, 2.24) is 15.0 Å². The molecule has 1 unspecified atom stereocenters. The molecule has 6 heteroatoms. The second-order valence-electron chi connectivity index (χ2n) is 6.10. The summed E-state index contributed by atoms with van der Waals surface area (Å²) in [6, 6.07) is 3.96. The van der Waals surface area contributed by atoms with Gasteiger partial charge in [-0.25, -0.2) is 9.97 Å². The molecule has 1 aliphatic rings. The Bertz CT molecular complexity index is 925. The SMILES string of the molecule is CNc1cc2cc(-c3cncc4c3CCCC4O)nc(N)c2cn1. The molecule has 3 heterocycles. The smallest absolute Gasteiger partial charge is 0.133 e. The highest BCUT2D eigenvalue weighted by atomic mass is 16.3. The van der Waals surface area contributed by atoms with Gasteiger partial charge >= 0.3 is 0 Å². The summed E-state index contributed by atoms with van der Waals surface area (Å²) >= 11 is 0. The number of pyridine rings is 3. The normalized spacial score (nSPS) is 16.8. The zero-order valence-electron chi connectivity index (χ0n) is 13.5. The molecule has 24 heavy (non-hydrogen) atoms. The second-order valence-corrected chi connectivity index (χ2v) is 6.10. The Hall–Kier alpha value is -2.73. The number of nitrogens with zero attached hydrogens (tertiary/aromatic N) is 3. The number of hydrogen-bond acceptors (Lipinski definition) is 6. The Morgan fingerprint density at radius 3 is 2.96 bits per heavy atom. The van der Waals surface area contributed by atoms with Crippen molar-refractivity contribution < 1.29 is 5.11 Å². The molecule has 3 aromatic rings. The molecule has 4 rings (SSSR count). The number of nitrogens with one attached hydrogen (secondary N) is 1. The number of rotatable bonds is 2. The molecule has 6 nitrogen and oxygen atoms in total. The molecule has 0 saturated heterocycles. The lowest BCUT2D eigenvalue weighted by atomic mass is 9.87. The second kappa shape index (κ2) is 5.72. The van der Waals surface area contributed by atoms with Crippen LogP contribution in [0.3, 0.4) is 0 Å². The van der Waals surface area contributed by atoms with Crippen LogP contribution in [-0.2, 0) is 6.42 Å². The van der Waals surface area contributed by atoms with Gasteiger partial charge in [0.05, 0.1) is 11.8 Å². The number of aromatic nitrogens is 3. The monoisotopic (exact) mass is 321 g/mol. The summed E-state index contributed by atoms with van der Waals surface area (Å²) in [4.78, 5) is 13.2. The van der Waals surface area contributed by atoms with Crippen molar-refractivity contribution in [2.75, 3.05) is 18.1 Å². The first-order valence-electron chi connectivity index (χ1n) is 8.06. The third-order valence-corrected chi connectivity index (χ3v) is 4.63. The van der Waals surface area contributed by atoms with Crippen LogP contribution < -0.4 is 11.1 Å². The fourth-order valence-electron chi connectivity index (χ4n) is 3.37. The summed E-state index contributed by atoms with van der Waals surface area (Å²) in [7, 11) is 1.83. The van der Waals surface area contributed by atoms with Gasteiger partial charge < -0.3 is 16.2 Å². The standard InChI is InChI=1S/C18H19N5O/c1-20-17-6-10-5-15(23-18(19)12(10)9-22-17)13-7-21-8-14-11(13)3-2-4-16(14)24/h5-9,16,24H,2-4H2,1H3,(H2,19,23)(H,20,22). The van der Waals surface area contributed by atoms with Gasteiger partial charge in [-0.2, -0.15) is 0 Å². The molecular weight excluding hydrogens is 302 g/mol. The zero-order chi connectivity index (χ0) is 16.7. The van der Waals surface area contributed by atoms with Crippen LogP contribution in [0.2, 0.25) is 0 Å². The van der Waals surface area contributed by atoms with Crippen molar-refractivity contribution in [3.8, 4) is 11.3 Å². The number of aliphatic hydroxyl groups is 1. The van der Waals surface area contributed by atoms with Crippen LogP contribution >= 0.6 is 0 Å². The van der Waals surface area contributed by atoms with E-state index in [9.17, 15) is 5.11 Å². The summed E-state index contributed by atoms with van der Waals surface area (Å²) in [5.74, 6) is 1.23. The molecular formula is C18H19N5O. The Labute approximate surface area is 139 Å². The Balaban J connectivity index is 1.92. The predicted octanol–water partition coefficient (Wildman–Crippen LogP) is 2.69. The van der Waals surface area contributed by atoms with E-state index >= 15 is 0 Å². The minimum atomic E-state index is -0.445. The summed E-state index contributed by atoms with van der Waals surface area (Å²) in [5, 5.41) is 15.1. The van der Waals surface area contributed by atoms with Crippen LogP contribution in [0.4, 0.5) is 11.6 Å². The number of anilines is 2. The lowest BCUT2D eigenvalue weighted by Crippen LogP contribution is -2.11. The number of aliphatic hydroxyl groups excluding tert-OH is 1. The number of nitrogens with two attached hydrogens (primary N) is 1. The van der Waals surface area contributed by atoms with Crippen LogP contribution in [0, 0.1) is 0 Å². The predicted molar refractivity (Wildman–Crippen MR) is 94.6 cm³/mol. The van der Waals surface area contributed by atoms with E-state index in [1.165, 1.54) is 0 Å². The van der Waals surface area contributed by atoms with Crippen LogP contribution in [0.15, 0.2) is 30.7 Å². The first kappa shape index (κ1) is 14.8. The maximum atomic E-state index is 10.2. The summed E-state index contributed by atoms with van der Waals surface area (Å²) in [5.41, 5.74) is 9.91. The molecule has 4 N–H and O–H groups in total. The highest BCUT2D eigenvalue weighted by molar-refractivity contribution is 5.94. The van der Waals surface area contributed by atoms with Gasteiger partial charge in [-0.3, -0.25) is 4.98 Å². The Morgan fingerprint density at radius 1 is 1.25 bits per heavy atom. The summed E-state index contributed by atoms with van der Waals surface area (Å²) in [6.45, 7) is 0. The van der Waals surface area contributed by atoms with Crippen molar-refractivity contribution in [2.24, 2.45) is 0 Å². The third kappa shape index (κ3) is 2.35. The summed E-state index contributed by atoms with van der Waals surface area (Å²) in [6.07, 6.45) is 7.52. The van der Waals surface area contributed by atoms with Gasteiger partial charge in [-0.1, -0.05) is 0 Å². The number of hydrogen-bond donors (Lipinski definition) is 3. The highest BCUT2D eigenvalue weighted by Crippen LogP contribution is 2.36. The van der Waals surface area contributed by atoms with E-state index in [1.54, 1.807) is 12.4 Å². The molecule has 0 aromatic carbocycles. The molecule has 0 aliphatic heterocycles. The van der Waals surface area contributed by atoms with Crippen molar-refractivity contribution in [3.05, 3.63) is 41.9 Å². The van der Waals surface area contributed by atoms with E-state index in [-0.39, 0.29) is 0 Å². The fourth-order valence-corrected chi connectivity index (χ4v) is 3.37. The molecule has 0 saturated carbocycles. The third-order valence-electron chi connectivity index (χ3n) is 4.63. The molecule has 0 amide bonds. The van der Waals surface area contributed by atoms with Crippen molar-refractivity contribution in [1.29, 1.82) is 0 Å². The number of fused-ring (bicyclic) bond motifs is 2. The average Bonchev–Trinajstić information content (AvgIpc) is 2.61. The quantitative estimate of drug-likeness (QED) is 0.671. The van der Waals surface area contributed by atoms with Crippen LogP contribution in [0.1, 0.15) is 30.1 Å². The van der Waals surface area contributed by atoms with Gasteiger partial charge in [0.25, 0.3) is 0 Å². The largest absolute Gasteiger partial charge is 0.388 e. The minimum Gasteiger partial charge on any atom is -0.388 e. The Kier molecular flexibility index (Phi) is 3.54. The van der Waals surface area contributed by atoms with E-state index < -0.39 is 6.10 Å². The molecule has 1 atom stereocenters. The molecule has 0 bridgehead atoms.